The second kappa shape index (κ2) is 6.53. The molecule has 0 aliphatic heterocycles. The molecular weight excluding hydrogens is 354 g/mol. The minimum atomic E-state index is -0.140. The largest absolute Gasteiger partial charge is 0.505 e. The summed E-state index contributed by atoms with van der Waals surface area (Å²) in [5.74, 6) is -0.339. The van der Waals surface area contributed by atoms with Gasteiger partial charge in [0.05, 0.1) is 20.1 Å². The van der Waals surface area contributed by atoms with Crippen LogP contribution in [-0.2, 0) is 0 Å². The van der Waals surface area contributed by atoms with Crippen LogP contribution in [0.5, 0.6) is 11.5 Å². The highest BCUT2D eigenvalue weighted by Gasteiger charge is 2.18. The number of hydrogen-bond donors (Lipinski definition) is 2. The van der Waals surface area contributed by atoms with Gasteiger partial charge in [0.15, 0.2) is 11.5 Å². The summed E-state index contributed by atoms with van der Waals surface area (Å²) in [6.07, 6.45) is 0.745. The van der Waals surface area contributed by atoms with Gasteiger partial charge >= 0.3 is 0 Å². The van der Waals surface area contributed by atoms with Gasteiger partial charge in [0.2, 0.25) is 0 Å². The number of phenols is 2. The molecule has 0 atom stereocenters. The van der Waals surface area contributed by atoms with Gasteiger partial charge in [-0.1, -0.05) is 53.3 Å². The van der Waals surface area contributed by atoms with Gasteiger partial charge in [-0.05, 0) is 41.8 Å². The van der Waals surface area contributed by atoms with Crippen LogP contribution in [0.3, 0.4) is 0 Å². The SMILES string of the molecule is CCC(c1cc(Cl)c(O)c(Cl)c1)c1cc(Cl)c(O)c(Cl)c1. The third-order valence-electron chi connectivity index (χ3n) is 3.29. The highest BCUT2D eigenvalue weighted by atomic mass is 35.5. The maximum atomic E-state index is 9.64. The van der Waals surface area contributed by atoms with Crippen LogP contribution in [0.4, 0.5) is 0 Å². The van der Waals surface area contributed by atoms with E-state index in [0.717, 1.165) is 17.5 Å². The lowest BCUT2D eigenvalue weighted by molar-refractivity contribution is 0.475. The molecule has 0 saturated heterocycles. The second-order valence-electron chi connectivity index (χ2n) is 4.63. The van der Waals surface area contributed by atoms with E-state index in [0.29, 0.717) is 0 Å². The fourth-order valence-corrected chi connectivity index (χ4v) is 3.24. The van der Waals surface area contributed by atoms with Crippen molar-refractivity contribution >= 4 is 46.4 Å². The van der Waals surface area contributed by atoms with E-state index in [9.17, 15) is 10.2 Å². The zero-order valence-corrected chi connectivity index (χ0v) is 14.0. The molecule has 2 nitrogen and oxygen atoms in total. The molecule has 2 aromatic carbocycles. The molecular formula is C15H12Cl4O2. The molecule has 0 aromatic heterocycles. The van der Waals surface area contributed by atoms with Crippen molar-refractivity contribution in [2.24, 2.45) is 0 Å². The number of halogens is 4. The second-order valence-corrected chi connectivity index (χ2v) is 6.26. The van der Waals surface area contributed by atoms with Crippen LogP contribution in [0.25, 0.3) is 0 Å². The number of hydrogen-bond acceptors (Lipinski definition) is 2. The van der Waals surface area contributed by atoms with Crippen molar-refractivity contribution in [1.29, 1.82) is 0 Å². The van der Waals surface area contributed by atoms with Gasteiger partial charge in [-0.3, -0.25) is 0 Å². The lowest BCUT2D eigenvalue weighted by atomic mass is 9.89. The van der Waals surface area contributed by atoms with Gasteiger partial charge < -0.3 is 10.2 Å². The van der Waals surface area contributed by atoms with Crippen LogP contribution in [0.15, 0.2) is 24.3 Å². The Labute approximate surface area is 142 Å². The van der Waals surface area contributed by atoms with Crippen molar-refractivity contribution < 1.29 is 10.2 Å². The molecule has 0 amide bonds. The summed E-state index contributed by atoms with van der Waals surface area (Å²) in [7, 11) is 0. The monoisotopic (exact) mass is 364 g/mol. The molecule has 0 fully saturated rings. The molecule has 112 valence electrons. The average Bonchev–Trinajstić information content (AvgIpc) is 2.42. The molecule has 6 heteroatoms. The third-order valence-corrected chi connectivity index (χ3v) is 4.44. The molecule has 2 rings (SSSR count). The maximum absolute atomic E-state index is 9.64. The summed E-state index contributed by atoms with van der Waals surface area (Å²) < 4.78 is 0. The first-order valence-corrected chi connectivity index (χ1v) is 7.72. The predicted octanol–water partition coefficient (Wildman–Crippen LogP) is 6.25. The maximum Gasteiger partial charge on any atom is 0.152 e. The molecule has 0 heterocycles. The van der Waals surface area contributed by atoms with Crippen LogP contribution >= 0.6 is 46.4 Å². The Morgan fingerprint density at radius 3 is 1.29 bits per heavy atom. The highest BCUT2D eigenvalue weighted by Crippen LogP contribution is 2.41. The Kier molecular flexibility index (Phi) is 5.15. The summed E-state index contributed by atoms with van der Waals surface area (Å²) in [6.45, 7) is 1.99. The van der Waals surface area contributed by atoms with Crippen molar-refractivity contribution in [3.05, 3.63) is 55.5 Å². The Morgan fingerprint density at radius 1 is 0.762 bits per heavy atom. The topological polar surface area (TPSA) is 40.5 Å². The zero-order chi connectivity index (χ0) is 15.7. The van der Waals surface area contributed by atoms with Gasteiger partial charge in [-0.25, -0.2) is 0 Å². The lowest BCUT2D eigenvalue weighted by Gasteiger charge is -2.18. The van der Waals surface area contributed by atoms with E-state index in [-0.39, 0.29) is 37.5 Å². The summed E-state index contributed by atoms with van der Waals surface area (Å²) in [5, 5.41) is 20.0. The van der Waals surface area contributed by atoms with Crippen LogP contribution < -0.4 is 0 Å². The van der Waals surface area contributed by atoms with Crippen molar-refractivity contribution in [1.82, 2.24) is 0 Å². The van der Waals surface area contributed by atoms with Crippen LogP contribution in [0.2, 0.25) is 20.1 Å². The third kappa shape index (κ3) is 3.35. The molecule has 2 N–H and O–H groups in total. The molecule has 0 saturated carbocycles. The molecule has 0 radical (unpaired) electrons. The van der Waals surface area contributed by atoms with Crippen molar-refractivity contribution in [3.8, 4) is 11.5 Å². The normalized spacial score (nSPS) is 11.1. The van der Waals surface area contributed by atoms with E-state index in [1.165, 1.54) is 0 Å². The van der Waals surface area contributed by atoms with Crippen LogP contribution in [0, 0.1) is 0 Å². The standard InChI is InChI=1S/C15H12Cl4O2/c1-2-9(7-3-10(16)14(20)11(17)4-7)8-5-12(18)15(21)13(19)6-8/h3-6,9,20-21H,2H2,1H3. The first kappa shape index (κ1) is 16.6. The Hall–Kier alpha value is -0.800. The quantitative estimate of drug-likeness (QED) is 0.674. The fourth-order valence-electron chi connectivity index (χ4n) is 2.24. The predicted molar refractivity (Wildman–Crippen MR) is 88.4 cm³/mol. The first-order chi connectivity index (χ1) is 9.85. The van der Waals surface area contributed by atoms with Crippen molar-refractivity contribution in [3.63, 3.8) is 0 Å². The molecule has 0 bridgehead atoms. The number of benzene rings is 2. The minimum absolute atomic E-state index is 0.0591. The van der Waals surface area contributed by atoms with E-state index >= 15 is 0 Å². The Morgan fingerprint density at radius 2 is 1.05 bits per heavy atom. The summed E-state index contributed by atoms with van der Waals surface area (Å²) in [6, 6.07) is 6.63. The summed E-state index contributed by atoms with van der Waals surface area (Å²) in [5.41, 5.74) is 1.67. The van der Waals surface area contributed by atoms with E-state index in [2.05, 4.69) is 0 Å². The number of rotatable bonds is 3. The molecule has 0 spiro atoms. The van der Waals surface area contributed by atoms with E-state index < -0.39 is 0 Å². The van der Waals surface area contributed by atoms with Crippen LogP contribution in [-0.4, -0.2) is 10.2 Å². The highest BCUT2D eigenvalue weighted by molar-refractivity contribution is 6.37. The summed E-state index contributed by atoms with van der Waals surface area (Å²) in [4.78, 5) is 0. The summed E-state index contributed by atoms with van der Waals surface area (Å²) >= 11 is 23.9. The molecule has 0 aliphatic carbocycles. The van der Waals surface area contributed by atoms with Crippen molar-refractivity contribution in [2.75, 3.05) is 0 Å². The van der Waals surface area contributed by atoms with Crippen LogP contribution in [0.1, 0.15) is 30.4 Å². The van der Waals surface area contributed by atoms with Crippen molar-refractivity contribution in [2.45, 2.75) is 19.3 Å². The fraction of sp³-hybridized carbons (Fsp3) is 0.200. The Balaban J connectivity index is 2.54. The van der Waals surface area contributed by atoms with Gasteiger partial charge in [-0.2, -0.15) is 0 Å². The lowest BCUT2D eigenvalue weighted by Crippen LogP contribution is -2.00. The van der Waals surface area contributed by atoms with Gasteiger partial charge in [0.25, 0.3) is 0 Å². The average molecular weight is 366 g/mol. The zero-order valence-electron chi connectivity index (χ0n) is 11.0. The van der Waals surface area contributed by atoms with Gasteiger partial charge in [0, 0.05) is 5.92 Å². The number of aromatic hydroxyl groups is 2. The molecule has 0 aliphatic rings. The van der Waals surface area contributed by atoms with Gasteiger partial charge in [-0.15, -0.1) is 0 Å². The first-order valence-electron chi connectivity index (χ1n) is 6.21. The van der Waals surface area contributed by atoms with E-state index in [4.69, 9.17) is 46.4 Å². The Bertz CT molecular complexity index is 582. The van der Waals surface area contributed by atoms with E-state index in [1.807, 2.05) is 6.92 Å². The smallest absolute Gasteiger partial charge is 0.152 e. The van der Waals surface area contributed by atoms with E-state index in [1.54, 1.807) is 24.3 Å². The minimum Gasteiger partial charge on any atom is -0.505 e. The molecule has 0 unspecified atom stereocenters. The van der Waals surface area contributed by atoms with Gasteiger partial charge in [0.1, 0.15) is 0 Å². The molecule has 2 aromatic rings. The number of phenolic OH excluding ortho intramolecular Hbond substituents is 2. The molecule has 21 heavy (non-hydrogen) atoms.